The van der Waals surface area contributed by atoms with Crippen molar-refractivity contribution in [1.29, 1.82) is 0 Å². The second kappa shape index (κ2) is 5.88. The van der Waals surface area contributed by atoms with E-state index in [1.54, 1.807) is 5.56 Å². The van der Waals surface area contributed by atoms with Gasteiger partial charge in [-0.25, -0.2) is 0 Å². The molecule has 2 aliphatic rings. The first-order valence-electron chi connectivity index (χ1n) is 7.72. The molecular weight excluding hydrogens is 218 g/mol. The van der Waals surface area contributed by atoms with E-state index in [2.05, 4.69) is 29.6 Å². The first-order chi connectivity index (χ1) is 8.93. The van der Waals surface area contributed by atoms with Gasteiger partial charge in [0, 0.05) is 6.54 Å². The van der Waals surface area contributed by atoms with Crippen LogP contribution in [0.1, 0.15) is 62.0 Å². The monoisotopic (exact) mass is 243 g/mol. The van der Waals surface area contributed by atoms with Crippen molar-refractivity contribution in [2.24, 2.45) is 5.92 Å². The smallest absolute Gasteiger partial charge is 0.0208 e. The molecule has 2 fully saturated rings. The minimum Gasteiger partial charge on any atom is -0.313 e. The molecule has 1 heteroatoms. The first-order valence-corrected chi connectivity index (χ1v) is 7.72. The van der Waals surface area contributed by atoms with Gasteiger partial charge in [-0.05, 0) is 48.8 Å². The van der Waals surface area contributed by atoms with Crippen LogP contribution in [0.25, 0.3) is 0 Å². The molecule has 0 atom stereocenters. The molecule has 0 saturated heterocycles. The van der Waals surface area contributed by atoms with E-state index in [-0.39, 0.29) is 0 Å². The fourth-order valence-electron chi connectivity index (χ4n) is 3.32. The highest BCUT2D eigenvalue weighted by Gasteiger charge is 2.25. The van der Waals surface area contributed by atoms with Crippen LogP contribution in [-0.2, 0) is 6.54 Å². The molecule has 1 aromatic rings. The van der Waals surface area contributed by atoms with Crippen molar-refractivity contribution in [2.75, 3.05) is 6.54 Å². The molecule has 1 N–H and O–H groups in total. The summed E-state index contributed by atoms with van der Waals surface area (Å²) in [5, 5.41) is 3.65. The Balaban J connectivity index is 1.44. The Morgan fingerprint density at radius 3 is 2.56 bits per heavy atom. The topological polar surface area (TPSA) is 12.0 Å². The van der Waals surface area contributed by atoms with Gasteiger partial charge in [-0.15, -0.1) is 0 Å². The zero-order valence-electron chi connectivity index (χ0n) is 11.3. The lowest BCUT2D eigenvalue weighted by molar-refractivity contribution is 0.477. The molecule has 2 aliphatic carbocycles. The van der Waals surface area contributed by atoms with Crippen LogP contribution in [-0.4, -0.2) is 6.54 Å². The number of nitrogens with one attached hydrogen (secondary N) is 1. The summed E-state index contributed by atoms with van der Waals surface area (Å²) in [6.45, 7) is 2.27. The minimum atomic E-state index is 0.873. The predicted octanol–water partition coefficient (Wildman–Crippen LogP) is 4.23. The largest absolute Gasteiger partial charge is 0.313 e. The van der Waals surface area contributed by atoms with Crippen LogP contribution in [0.3, 0.4) is 0 Å². The number of benzene rings is 1. The summed E-state index contributed by atoms with van der Waals surface area (Å²) in [7, 11) is 0. The highest BCUT2D eigenvalue weighted by Crippen LogP contribution is 2.41. The number of rotatable bonds is 6. The molecule has 0 aromatic heterocycles. The van der Waals surface area contributed by atoms with Gasteiger partial charge in [-0.2, -0.15) is 0 Å². The Bertz CT molecular complexity index is 375. The SMILES string of the molecule is c1ccc(C2CC2)c(CNCCC2CCCC2)c1. The van der Waals surface area contributed by atoms with Crippen molar-refractivity contribution in [2.45, 2.75) is 57.4 Å². The summed E-state index contributed by atoms with van der Waals surface area (Å²) in [6, 6.07) is 9.00. The molecule has 0 aliphatic heterocycles. The Morgan fingerprint density at radius 1 is 1.00 bits per heavy atom. The van der Waals surface area contributed by atoms with Crippen LogP contribution in [0.4, 0.5) is 0 Å². The highest BCUT2D eigenvalue weighted by atomic mass is 14.8. The van der Waals surface area contributed by atoms with Crippen molar-refractivity contribution in [3.05, 3.63) is 35.4 Å². The van der Waals surface area contributed by atoms with Gasteiger partial charge in [0.05, 0.1) is 0 Å². The van der Waals surface area contributed by atoms with Crippen LogP contribution >= 0.6 is 0 Å². The molecule has 98 valence electrons. The zero-order valence-corrected chi connectivity index (χ0v) is 11.3. The summed E-state index contributed by atoms with van der Waals surface area (Å²) in [5.41, 5.74) is 3.14. The van der Waals surface area contributed by atoms with Crippen LogP contribution in [0, 0.1) is 5.92 Å². The van der Waals surface area contributed by atoms with Gasteiger partial charge in [0.1, 0.15) is 0 Å². The van der Waals surface area contributed by atoms with Crippen molar-refractivity contribution < 1.29 is 0 Å². The molecule has 0 bridgehead atoms. The Hall–Kier alpha value is -0.820. The molecule has 1 aromatic carbocycles. The summed E-state index contributed by atoms with van der Waals surface area (Å²) >= 11 is 0. The maximum atomic E-state index is 3.65. The van der Waals surface area contributed by atoms with Gasteiger partial charge in [0.15, 0.2) is 0 Å². The molecule has 0 heterocycles. The number of hydrogen-bond donors (Lipinski definition) is 1. The normalized spacial score (nSPS) is 20.4. The third-order valence-corrected chi connectivity index (χ3v) is 4.59. The van der Waals surface area contributed by atoms with Crippen LogP contribution < -0.4 is 5.32 Å². The van der Waals surface area contributed by atoms with Gasteiger partial charge >= 0.3 is 0 Å². The van der Waals surface area contributed by atoms with Crippen molar-refractivity contribution in [3.8, 4) is 0 Å². The van der Waals surface area contributed by atoms with Gasteiger partial charge < -0.3 is 5.32 Å². The lowest BCUT2D eigenvalue weighted by Gasteiger charge is -2.12. The lowest BCUT2D eigenvalue weighted by Crippen LogP contribution is -2.17. The molecule has 0 spiro atoms. The van der Waals surface area contributed by atoms with Gasteiger partial charge in [-0.1, -0.05) is 49.9 Å². The Labute approximate surface area is 111 Å². The maximum absolute atomic E-state index is 3.65. The average Bonchev–Trinajstić information content (AvgIpc) is 3.12. The molecular formula is C17H25N. The third kappa shape index (κ3) is 3.14. The summed E-state index contributed by atoms with van der Waals surface area (Å²) in [6.07, 6.45) is 10.1. The molecule has 0 radical (unpaired) electrons. The average molecular weight is 243 g/mol. The van der Waals surface area contributed by atoms with E-state index in [4.69, 9.17) is 0 Å². The van der Waals surface area contributed by atoms with E-state index in [1.807, 2.05) is 0 Å². The summed E-state index contributed by atoms with van der Waals surface area (Å²) in [4.78, 5) is 0. The second-order valence-corrected chi connectivity index (χ2v) is 6.09. The molecule has 3 rings (SSSR count). The standard InChI is InChI=1S/C17H25N/c1-2-6-14(5-1)11-12-18-13-16-7-3-4-8-17(16)15-9-10-15/h3-4,7-8,14-15,18H,1-2,5-6,9-13H2. The third-order valence-electron chi connectivity index (χ3n) is 4.59. The van der Waals surface area contributed by atoms with E-state index in [0.717, 1.165) is 18.4 Å². The van der Waals surface area contributed by atoms with E-state index < -0.39 is 0 Å². The van der Waals surface area contributed by atoms with E-state index in [1.165, 1.54) is 57.1 Å². The van der Waals surface area contributed by atoms with Crippen LogP contribution in [0.2, 0.25) is 0 Å². The predicted molar refractivity (Wildman–Crippen MR) is 76.7 cm³/mol. The summed E-state index contributed by atoms with van der Waals surface area (Å²) in [5.74, 6) is 1.88. The Kier molecular flexibility index (Phi) is 3.99. The van der Waals surface area contributed by atoms with Crippen molar-refractivity contribution in [1.82, 2.24) is 5.32 Å². The zero-order chi connectivity index (χ0) is 12.2. The molecule has 2 saturated carbocycles. The molecule has 1 nitrogen and oxygen atoms in total. The molecule has 18 heavy (non-hydrogen) atoms. The lowest BCUT2D eigenvalue weighted by atomic mass is 10.0. The van der Waals surface area contributed by atoms with E-state index >= 15 is 0 Å². The Morgan fingerprint density at radius 2 is 1.78 bits per heavy atom. The van der Waals surface area contributed by atoms with Crippen molar-refractivity contribution >= 4 is 0 Å². The summed E-state index contributed by atoms with van der Waals surface area (Å²) < 4.78 is 0. The van der Waals surface area contributed by atoms with Gasteiger partial charge in [-0.3, -0.25) is 0 Å². The van der Waals surface area contributed by atoms with Gasteiger partial charge in [0.25, 0.3) is 0 Å². The van der Waals surface area contributed by atoms with E-state index in [0.29, 0.717) is 0 Å². The van der Waals surface area contributed by atoms with E-state index in [9.17, 15) is 0 Å². The molecule has 0 amide bonds. The van der Waals surface area contributed by atoms with Crippen molar-refractivity contribution in [3.63, 3.8) is 0 Å². The number of hydrogen-bond acceptors (Lipinski definition) is 1. The highest BCUT2D eigenvalue weighted by molar-refractivity contribution is 5.33. The van der Waals surface area contributed by atoms with Gasteiger partial charge in [0.2, 0.25) is 0 Å². The minimum absolute atomic E-state index is 0.873. The van der Waals surface area contributed by atoms with Crippen LogP contribution in [0.5, 0.6) is 0 Å². The first kappa shape index (κ1) is 12.2. The fourth-order valence-corrected chi connectivity index (χ4v) is 3.32. The molecule has 0 unspecified atom stereocenters. The fraction of sp³-hybridized carbons (Fsp3) is 0.647. The quantitative estimate of drug-likeness (QED) is 0.737. The van der Waals surface area contributed by atoms with Crippen LogP contribution in [0.15, 0.2) is 24.3 Å². The maximum Gasteiger partial charge on any atom is 0.0208 e. The second-order valence-electron chi connectivity index (χ2n) is 6.09.